The summed E-state index contributed by atoms with van der Waals surface area (Å²) < 4.78 is 30.0. The van der Waals surface area contributed by atoms with Gasteiger partial charge in [0, 0.05) is 0 Å². The van der Waals surface area contributed by atoms with Crippen molar-refractivity contribution < 1.29 is 71.7 Å². The molecule has 1 heterocycles. The van der Waals surface area contributed by atoms with Gasteiger partial charge in [-0.2, -0.15) is 6.61 Å². The third-order valence-electron chi connectivity index (χ3n) is 2.09. The molecule has 1 aromatic carbocycles. The standard InChI is InChI=1S/C10H9F2O.Rb/c11-10(12)8-5-1-3-7-4-2-6-13-9(7)8;/h1,3,5-6,10H,2,4H2;/q-1;+1. The van der Waals surface area contributed by atoms with Crippen molar-refractivity contribution in [3.8, 4) is 5.75 Å². The first kappa shape index (κ1) is 12.8. The molecule has 1 aliphatic rings. The minimum Gasteiger partial charge on any atom is -0.662 e. The quantitative estimate of drug-likeness (QED) is 0.657. The fourth-order valence-corrected chi connectivity index (χ4v) is 1.47. The van der Waals surface area contributed by atoms with E-state index in [1.165, 1.54) is 6.07 Å². The molecule has 0 unspecified atom stereocenters. The number of halogens is 2. The molecule has 2 rings (SSSR count). The Morgan fingerprint density at radius 2 is 2.14 bits per heavy atom. The molecule has 1 aliphatic heterocycles. The van der Waals surface area contributed by atoms with Crippen molar-refractivity contribution in [3.05, 3.63) is 35.9 Å². The first-order valence-corrected chi connectivity index (χ1v) is 4.17. The number of aryl methyl sites for hydroxylation is 1. The monoisotopic (exact) mass is 268 g/mol. The summed E-state index contributed by atoms with van der Waals surface area (Å²) in [5.41, 5.74) is 0.869. The average molecular weight is 269 g/mol. The van der Waals surface area contributed by atoms with Crippen LogP contribution in [0.4, 0.5) is 8.78 Å². The average Bonchev–Trinajstić information content (AvgIpc) is 2.17. The number of hydrogen-bond acceptors (Lipinski definition) is 1. The van der Waals surface area contributed by atoms with Crippen LogP contribution in [-0.4, -0.2) is 0 Å². The predicted molar refractivity (Wildman–Crippen MR) is 44.6 cm³/mol. The molecule has 0 amide bonds. The van der Waals surface area contributed by atoms with Gasteiger partial charge in [0.05, 0.1) is 11.3 Å². The normalized spacial score (nSPS) is 14.2. The van der Waals surface area contributed by atoms with E-state index in [4.69, 9.17) is 4.74 Å². The molecule has 1 aromatic rings. The molecule has 0 atom stereocenters. The summed E-state index contributed by atoms with van der Waals surface area (Å²) in [6.07, 6.45) is -0.878. The van der Waals surface area contributed by atoms with E-state index >= 15 is 0 Å². The summed E-state index contributed by atoms with van der Waals surface area (Å²) in [5.74, 6) is 0.351. The smallest absolute Gasteiger partial charge is 0.662 e. The fraction of sp³-hybridized carbons (Fsp3) is 0.300. The first-order valence-electron chi connectivity index (χ1n) is 4.17. The number of fused-ring (bicyclic) bond motifs is 1. The summed E-state index contributed by atoms with van der Waals surface area (Å²) >= 11 is 0. The molecule has 0 saturated carbocycles. The molecule has 0 saturated heterocycles. The van der Waals surface area contributed by atoms with Crippen LogP contribution >= 0.6 is 0 Å². The molecule has 0 radical (unpaired) electrons. The van der Waals surface area contributed by atoms with E-state index in [-0.39, 0.29) is 63.8 Å². The van der Waals surface area contributed by atoms with Gasteiger partial charge in [-0.25, -0.2) is 8.78 Å². The topological polar surface area (TPSA) is 9.23 Å². The Bertz CT molecular complexity index is 315. The van der Waals surface area contributed by atoms with Crippen molar-refractivity contribution in [1.29, 1.82) is 0 Å². The van der Waals surface area contributed by atoms with Crippen molar-refractivity contribution in [2.24, 2.45) is 0 Å². The maximum atomic E-state index is 12.5. The Balaban J connectivity index is 0.000000980. The number of benzene rings is 1. The molecule has 0 spiro atoms. The van der Waals surface area contributed by atoms with Crippen molar-refractivity contribution in [1.82, 2.24) is 0 Å². The van der Waals surface area contributed by atoms with Crippen LogP contribution in [0.2, 0.25) is 0 Å². The van der Waals surface area contributed by atoms with Gasteiger partial charge >= 0.3 is 58.2 Å². The first-order chi connectivity index (χ1) is 6.29. The van der Waals surface area contributed by atoms with Crippen molar-refractivity contribution in [2.45, 2.75) is 19.3 Å². The summed E-state index contributed by atoms with van der Waals surface area (Å²) in [5, 5.41) is 0. The number of hydrogen-bond donors (Lipinski definition) is 0. The second-order valence-corrected chi connectivity index (χ2v) is 2.96. The summed E-state index contributed by atoms with van der Waals surface area (Å²) in [6, 6.07) is 4.88. The summed E-state index contributed by atoms with van der Waals surface area (Å²) in [4.78, 5) is 0. The number of alkyl halides is 2. The molecule has 0 bridgehead atoms. The van der Waals surface area contributed by atoms with Crippen LogP contribution in [0.15, 0.2) is 18.2 Å². The minimum atomic E-state index is -2.46. The number of rotatable bonds is 1. The zero-order valence-electron chi connectivity index (χ0n) is 7.97. The Kier molecular flexibility index (Phi) is 5.18. The Hall–Kier alpha value is 0.685. The van der Waals surface area contributed by atoms with E-state index in [2.05, 4.69) is 0 Å². The molecule has 4 heteroatoms. The molecule has 1 nitrogen and oxygen atoms in total. The largest absolute Gasteiger partial charge is 1.00 e. The minimum absolute atomic E-state index is 0. The second kappa shape index (κ2) is 5.68. The summed E-state index contributed by atoms with van der Waals surface area (Å²) in [7, 11) is 0. The van der Waals surface area contributed by atoms with Crippen LogP contribution in [0.1, 0.15) is 24.0 Å². The third-order valence-corrected chi connectivity index (χ3v) is 2.09. The molecule has 0 N–H and O–H groups in total. The zero-order chi connectivity index (χ0) is 9.26. The number of ether oxygens (including phenoxy) is 1. The van der Waals surface area contributed by atoms with Crippen molar-refractivity contribution in [3.63, 3.8) is 0 Å². The van der Waals surface area contributed by atoms with Crippen LogP contribution in [0.3, 0.4) is 0 Å². The van der Waals surface area contributed by atoms with Crippen LogP contribution in [0.5, 0.6) is 5.75 Å². The second-order valence-electron chi connectivity index (χ2n) is 2.96. The van der Waals surface area contributed by atoms with Crippen molar-refractivity contribution in [2.75, 3.05) is 0 Å². The van der Waals surface area contributed by atoms with Gasteiger partial charge in [-0.1, -0.05) is 12.1 Å². The van der Waals surface area contributed by atoms with Crippen molar-refractivity contribution >= 4 is 0 Å². The van der Waals surface area contributed by atoms with E-state index in [0.29, 0.717) is 5.75 Å². The molecule has 0 aliphatic carbocycles. The van der Waals surface area contributed by atoms with Gasteiger partial charge in [-0.15, -0.1) is 6.42 Å². The van der Waals surface area contributed by atoms with Gasteiger partial charge in [-0.05, 0) is 18.1 Å². The van der Waals surface area contributed by atoms with Gasteiger partial charge in [0.2, 0.25) is 0 Å². The van der Waals surface area contributed by atoms with Crippen LogP contribution in [-0.2, 0) is 6.42 Å². The predicted octanol–water partition coefficient (Wildman–Crippen LogP) is 0.115. The van der Waals surface area contributed by atoms with Gasteiger partial charge < -0.3 is 4.74 Å². The van der Waals surface area contributed by atoms with Gasteiger partial charge in [0.1, 0.15) is 0 Å². The van der Waals surface area contributed by atoms with E-state index in [0.717, 1.165) is 18.4 Å². The molecule has 0 aromatic heterocycles. The maximum Gasteiger partial charge on any atom is 1.00 e. The van der Waals surface area contributed by atoms with Crippen LogP contribution in [0, 0.1) is 6.61 Å². The number of para-hydroxylation sites is 1. The van der Waals surface area contributed by atoms with E-state index in [1.54, 1.807) is 12.7 Å². The van der Waals surface area contributed by atoms with Gasteiger partial charge in [-0.3, -0.25) is 0 Å². The molecule has 0 fully saturated rings. The molecule has 14 heavy (non-hydrogen) atoms. The van der Waals surface area contributed by atoms with E-state index < -0.39 is 6.43 Å². The van der Waals surface area contributed by atoms with E-state index in [9.17, 15) is 8.78 Å². The van der Waals surface area contributed by atoms with Gasteiger partial charge in [0.15, 0.2) is 0 Å². The Labute approximate surface area is 131 Å². The van der Waals surface area contributed by atoms with E-state index in [1.807, 2.05) is 6.07 Å². The molecular weight excluding hydrogens is 260 g/mol. The van der Waals surface area contributed by atoms with Crippen LogP contribution in [0.25, 0.3) is 0 Å². The Morgan fingerprint density at radius 1 is 1.36 bits per heavy atom. The van der Waals surface area contributed by atoms with Crippen LogP contribution < -0.4 is 62.9 Å². The maximum absolute atomic E-state index is 12.5. The Morgan fingerprint density at radius 3 is 2.86 bits per heavy atom. The summed E-state index contributed by atoms with van der Waals surface area (Å²) in [6.45, 7) is 1.58. The molecular formula is C10H9F2ORb. The SMILES string of the molecule is FC(F)c1cccc2c1O[CH-]CC2.[Rb+]. The van der Waals surface area contributed by atoms with Gasteiger partial charge in [0.25, 0.3) is 6.43 Å². The zero-order valence-corrected chi connectivity index (χ0v) is 12.9. The fourth-order valence-electron chi connectivity index (χ4n) is 1.47. The third kappa shape index (κ3) is 2.63. The molecule has 70 valence electrons.